The number of carbonyl (C=O) groups is 4. The smallest absolute Gasteiger partial charge is 0.462 e. The maximum absolute atomic E-state index is 13.1. The number of phosphoric ester groups is 2. The van der Waals surface area contributed by atoms with Crippen LogP contribution >= 0.6 is 15.6 Å². The third-order valence-electron chi connectivity index (χ3n) is 18.9. The van der Waals surface area contributed by atoms with Gasteiger partial charge in [-0.2, -0.15) is 0 Å². The molecule has 0 saturated carbocycles. The molecule has 0 saturated heterocycles. The van der Waals surface area contributed by atoms with Gasteiger partial charge < -0.3 is 33.8 Å². The van der Waals surface area contributed by atoms with Crippen molar-refractivity contribution in [2.45, 2.75) is 439 Å². The third-order valence-corrected chi connectivity index (χ3v) is 20.8. The first kappa shape index (κ1) is 98.1. The highest BCUT2D eigenvalue weighted by Gasteiger charge is 2.30. The van der Waals surface area contributed by atoms with E-state index in [4.69, 9.17) is 37.0 Å². The highest BCUT2D eigenvalue weighted by Crippen LogP contribution is 2.45. The number of hydrogen-bond acceptors (Lipinski definition) is 15. The number of carbonyl (C=O) groups excluding carboxylic acids is 4. The van der Waals surface area contributed by atoms with Crippen LogP contribution in [-0.4, -0.2) is 96.7 Å². The summed E-state index contributed by atoms with van der Waals surface area (Å²) in [6.45, 7) is 11.9. The van der Waals surface area contributed by atoms with Crippen LogP contribution in [0.15, 0.2) is 0 Å². The van der Waals surface area contributed by atoms with Gasteiger partial charge in [-0.15, -0.1) is 0 Å². The summed E-state index contributed by atoms with van der Waals surface area (Å²) >= 11 is 0. The van der Waals surface area contributed by atoms with Gasteiger partial charge in [0.25, 0.3) is 0 Å². The Morgan fingerprint density at radius 1 is 0.270 bits per heavy atom. The maximum Gasteiger partial charge on any atom is 0.472 e. The summed E-state index contributed by atoms with van der Waals surface area (Å²) in [5.74, 6) is 0.179. The van der Waals surface area contributed by atoms with Crippen LogP contribution in [0.3, 0.4) is 0 Å². The molecule has 0 aliphatic heterocycles. The molecular formula is C81H158O17P2. The zero-order valence-electron chi connectivity index (χ0n) is 65.7. The molecule has 0 spiro atoms. The summed E-state index contributed by atoms with van der Waals surface area (Å²) in [6, 6.07) is 0. The van der Waals surface area contributed by atoms with Crippen LogP contribution in [0.5, 0.6) is 0 Å². The molecule has 2 unspecified atom stereocenters. The maximum atomic E-state index is 13.1. The Hall–Kier alpha value is -1.94. The highest BCUT2D eigenvalue weighted by atomic mass is 31.2. The van der Waals surface area contributed by atoms with Crippen molar-refractivity contribution in [1.82, 2.24) is 0 Å². The first-order valence-corrected chi connectivity index (χ1v) is 44.8. The number of aliphatic hydroxyl groups excluding tert-OH is 1. The van der Waals surface area contributed by atoms with Crippen LogP contribution in [0.4, 0.5) is 0 Å². The molecule has 100 heavy (non-hydrogen) atoms. The van der Waals surface area contributed by atoms with Crippen molar-refractivity contribution >= 4 is 39.5 Å². The van der Waals surface area contributed by atoms with E-state index in [0.29, 0.717) is 31.6 Å². The first-order chi connectivity index (χ1) is 48.2. The number of ether oxygens (including phenoxy) is 4. The first-order valence-electron chi connectivity index (χ1n) is 41.8. The Kier molecular flexibility index (Phi) is 69.9. The summed E-state index contributed by atoms with van der Waals surface area (Å²) in [4.78, 5) is 73.0. The molecule has 594 valence electrons. The second-order valence-corrected chi connectivity index (χ2v) is 33.5. The van der Waals surface area contributed by atoms with Gasteiger partial charge in [0.05, 0.1) is 26.4 Å². The van der Waals surface area contributed by atoms with Crippen molar-refractivity contribution in [3.05, 3.63) is 0 Å². The van der Waals surface area contributed by atoms with Crippen LogP contribution in [0.25, 0.3) is 0 Å². The van der Waals surface area contributed by atoms with Crippen molar-refractivity contribution in [2.24, 2.45) is 17.8 Å². The van der Waals surface area contributed by atoms with Gasteiger partial charge >= 0.3 is 39.5 Å². The quantitative estimate of drug-likeness (QED) is 0.0222. The monoisotopic (exact) mass is 1470 g/mol. The van der Waals surface area contributed by atoms with E-state index in [-0.39, 0.29) is 25.7 Å². The zero-order chi connectivity index (χ0) is 73.7. The van der Waals surface area contributed by atoms with Gasteiger partial charge in [-0.25, -0.2) is 9.13 Å². The molecule has 0 bridgehead atoms. The van der Waals surface area contributed by atoms with E-state index in [1.165, 1.54) is 225 Å². The SMILES string of the molecule is CCCCCCCCCCCCCCCCC(=O)O[C@H](COC(=O)CCCCCCCCC(C)C)COP(=O)(O)OC[C@H](O)COP(=O)(O)OC[C@@H](COC(=O)CCCCCCCCCCCCCCCC(C)C)OC(=O)CCCCCCCCCCCCCCCCCCCCC(C)C. The lowest BCUT2D eigenvalue weighted by Crippen LogP contribution is -2.30. The van der Waals surface area contributed by atoms with Crippen LogP contribution in [0, 0.1) is 17.8 Å². The molecule has 0 heterocycles. The second kappa shape index (κ2) is 71.3. The summed E-state index contributed by atoms with van der Waals surface area (Å²) in [7, 11) is -9.92. The van der Waals surface area contributed by atoms with Gasteiger partial charge in [-0.05, 0) is 43.4 Å². The second-order valence-electron chi connectivity index (χ2n) is 30.6. The zero-order valence-corrected chi connectivity index (χ0v) is 67.5. The van der Waals surface area contributed by atoms with Crippen molar-refractivity contribution in [3.63, 3.8) is 0 Å². The molecule has 0 amide bonds. The van der Waals surface area contributed by atoms with E-state index in [1.807, 2.05) is 0 Å². The fourth-order valence-electron chi connectivity index (χ4n) is 12.5. The van der Waals surface area contributed by atoms with Crippen LogP contribution in [-0.2, 0) is 65.4 Å². The van der Waals surface area contributed by atoms with Crippen LogP contribution < -0.4 is 0 Å². The molecule has 17 nitrogen and oxygen atoms in total. The van der Waals surface area contributed by atoms with Gasteiger partial charge in [0, 0.05) is 25.7 Å². The molecule has 0 radical (unpaired) electrons. The Morgan fingerprint density at radius 3 is 0.680 bits per heavy atom. The predicted octanol–water partition coefficient (Wildman–Crippen LogP) is 24.1. The number of rotatable bonds is 79. The summed E-state index contributed by atoms with van der Waals surface area (Å²) in [5, 5.41) is 10.6. The van der Waals surface area contributed by atoms with Gasteiger partial charge in [0.2, 0.25) is 0 Å². The topological polar surface area (TPSA) is 237 Å². The molecule has 0 aromatic rings. The Morgan fingerprint density at radius 2 is 0.460 bits per heavy atom. The number of hydrogen-bond donors (Lipinski definition) is 3. The summed E-state index contributed by atoms with van der Waals surface area (Å²) in [6.07, 6.45) is 59.8. The predicted molar refractivity (Wildman–Crippen MR) is 409 cm³/mol. The lowest BCUT2D eigenvalue weighted by molar-refractivity contribution is -0.161. The van der Waals surface area contributed by atoms with E-state index in [1.54, 1.807) is 0 Å². The lowest BCUT2D eigenvalue weighted by atomic mass is 10.0. The van der Waals surface area contributed by atoms with Crippen LogP contribution in [0.2, 0.25) is 0 Å². The fourth-order valence-corrected chi connectivity index (χ4v) is 14.1. The minimum absolute atomic E-state index is 0.107. The average molecular weight is 1470 g/mol. The van der Waals surface area contributed by atoms with Gasteiger partial charge in [-0.1, -0.05) is 370 Å². The van der Waals surface area contributed by atoms with E-state index in [0.717, 1.165) is 108 Å². The number of phosphoric acid groups is 2. The van der Waals surface area contributed by atoms with Gasteiger partial charge in [-0.3, -0.25) is 37.3 Å². The molecule has 0 aromatic heterocycles. The normalized spacial score (nSPS) is 14.0. The Balaban J connectivity index is 5.21. The standard InChI is InChI=1S/C81H158O17P2/c1-8-9-10-11-12-13-14-15-25-31-36-41-50-57-64-81(86)98-77(69-92-79(84)63-56-49-44-43-47-54-61-74(6)7)71-96-100(89,90)94-67-75(82)66-93-99(87,88)95-70-76(68-91-78(83)62-55-48-40-35-30-27-22-24-29-34-39-46-53-60-73(4)5)97-80(85)65-58-51-42-37-32-26-21-19-17-16-18-20-23-28-33-38-45-52-59-72(2)3/h72-77,82H,8-71H2,1-7H3,(H,87,88)(H,89,90)/t75-,76-,77-/m1/s1. The molecule has 0 fully saturated rings. The average Bonchev–Trinajstić information content (AvgIpc) is 0.933. The van der Waals surface area contributed by atoms with Gasteiger partial charge in [0.1, 0.15) is 19.3 Å². The van der Waals surface area contributed by atoms with Crippen molar-refractivity contribution in [3.8, 4) is 0 Å². The van der Waals surface area contributed by atoms with E-state index in [9.17, 15) is 43.2 Å². The Bertz CT molecular complexity index is 1940. The lowest BCUT2D eigenvalue weighted by Gasteiger charge is -2.21. The van der Waals surface area contributed by atoms with Crippen molar-refractivity contribution in [1.29, 1.82) is 0 Å². The molecule has 0 aliphatic carbocycles. The highest BCUT2D eigenvalue weighted by molar-refractivity contribution is 7.47. The molecular weight excluding hydrogens is 1310 g/mol. The number of aliphatic hydroxyl groups is 1. The Labute approximate surface area is 613 Å². The fraction of sp³-hybridized carbons (Fsp3) is 0.951. The largest absolute Gasteiger partial charge is 0.472 e. The number of unbranched alkanes of at least 4 members (excludes halogenated alkanes) is 47. The van der Waals surface area contributed by atoms with Crippen LogP contribution in [0.1, 0.15) is 421 Å². The molecule has 0 aromatic carbocycles. The van der Waals surface area contributed by atoms with E-state index >= 15 is 0 Å². The molecule has 5 atom stereocenters. The number of esters is 4. The summed E-state index contributed by atoms with van der Waals surface area (Å²) < 4.78 is 68.7. The minimum atomic E-state index is -4.96. The van der Waals surface area contributed by atoms with Crippen molar-refractivity contribution < 1.29 is 80.2 Å². The molecule has 0 rings (SSSR count). The van der Waals surface area contributed by atoms with E-state index in [2.05, 4.69) is 48.5 Å². The third kappa shape index (κ3) is 74.3. The summed E-state index contributed by atoms with van der Waals surface area (Å²) in [5.41, 5.74) is 0. The van der Waals surface area contributed by atoms with Gasteiger partial charge in [0.15, 0.2) is 12.2 Å². The van der Waals surface area contributed by atoms with Crippen molar-refractivity contribution in [2.75, 3.05) is 39.6 Å². The minimum Gasteiger partial charge on any atom is -0.462 e. The molecule has 19 heteroatoms. The van der Waals surface area contributed by atoms with E-state index < -0.39 is 97.5 Å². The molecule has 3 N–H and O–H groups in total. The molecule has 0 aliphatic rings.